The van der Waals surface area contributed by atoms with Crippen molar-refractivity contribution in [1.29, 1.82) is 0 Å². The van der Waals surface area contributed by atoms with E-state index in [-0.39, 0.29) is 0 Å². The molecule has 19 heavy (non-hydrogen) atoms. The van der Waals surface area contributed by atoms with Gasteiger partial charge in [0, 0.05) is 41.1 Å². The number of nitrogens with one attached hydrogen (secondary N) is 1. The van der Waals surface area contributed by atoms with Crippen LogP contribution in [-0.2, 0) is 0 Å². The normalized spacial score (nSPS) is 20.9. The maximum atomic E-state index is 3.25. The second kappa shape index (κ2) is 4.14. The molecule has 98 valence electrons. The topological polar surface area (TPSA) is 22.3 Å². The minimum Gasteiger partial charge on any atom is -0.361 e. The van der Waals surface area contributed by atoms with Crippen LogP contribution < -0.4 is 4.90 Å². The van der Waals surface area contributed by atoms with Gasteiger partial charge in [-0.1, -0.05) is 6.08 Å². The van der Waals surface area contributed by atoms with Gasteiger partial charge >= 0.3 is 0 Å². The van der Waals surface area contributed by atoms with Crippen molar-refractivity contribution in [2.75, 3.05) is 18.1 Å². The predicted molar refractivity (Wildman–Crippen MR) is 79.1 cm³/mol. The SMILES string of the molecule is CC1=CCN(C2CC2)CN1c1ccc2[nH]ccc2c1. The minimum atomic E-state index is 0.822. The summed E-state index contributed by atoms with van der Waals surface area (Å²) in [5.74, 6) is 0. The first-order valence-electron chi connectivity index (χ1n) is 7.07. The fraction of sp³-hybridized carbons (Fsp3) is 0.375. The highest BCUT2D eigenvalue weighted by molar-refractivity contribution is 5.83. The van der Waals surface area contributed by atoms with Crippen LogP contribution in [0.15, 0.2) is 42.2 Å². The maximum Gasteiger partial charge on any atom is 0.0758 e. The molecule has 1 aromatic carbocycles. The van der Waals surface area contributed by atoms with E-state index in [0.717, 1.165) is 19.3 Å². The van der Waals surface area contributed by atoms with Crippen molar-refractivity contribution in [3.05, 3.63) is 42.2 Å². The molecule has 1 aromatic heterocycles. The molecule has 3 nitrogen and oxygen atoms in total. The number of benzene rings is 1. The van der Waals surface area contributed by atoms with Crippen LogP contribution in [0.2, 0.25) is 0 Å². The van der Waals surface area contributed by atoms with E-state index in [1.165, 1.54) is 35.1 Å². The van der Waals surface area contributed by atoms with Crippen molar-refractivity contribution >= 4 is 16.6 Å². The molecule has 2 aliphatic rings. The van der Waals surface area contributed by atoms with Gasteiger partial charge in [-0.05, 0) is 44.0 Å². The van der Waals surface area contributed by atoms with E-state index >= 15 is 0 Å². The number of rotatable bonds is 2. The molecule has 1 aliphatic carbocycles. The van der Waals surface area contributed by atoms with E-state index in [9.17, 15) is 0 Å². The third-order valence-electron chi connectivity index (χ3n) is 4.28. The molecule has 1 saturated carbocycles. The lowest BCUT2D eigenvalue weighted by Gasteiger charge is -2.36. The Morgan fingerprint density at radius 2 is 2.11 bits per heavy atom. The first-order valence-corrected chi connectivity index (χ1v) is 7.07. The van der Waals surface area contributed by atoms with Gasteiger partial charge in [-0.3, -0.25) is 4.90 Å². The molecule has 1 N–H and O–H groups in total. The highest BCUT2D eigenvalue weighted by atomic mass is 15.4. The summed E-state index contributed by atoms with van der Waals surface area (Å²) in [5, 5.41) is 1.29. The smallest absolute Gasteiger partial charge is 0.0758 e. The van der Waals surface area contributed by atoms with Crippen LogP contribution in [-0.4, -0.2) is 29.1 Å². The first kappa shape index (κ1) is 11.1. The van der Waals surface area contributed by atoms with E-state index in [0.29, 0.717) is 0 Å². The molecule has 0 radical (unpaired) electrons. The minimum absolute atomic E-state index is 0.822. The largest absolute Gasteiger partial charge is 0.361 e. The van der Waals surface area contributed by atoms with Crippen LogP contribution in [0.25, 0.3) is 10.9 Å². The number of anilines is 1. The Bertz CT molecular complexity index is 636. The summed E-state index contributed by atoms with van der Waals surface area (Å²) in [7, 11) is 0. The molecule has 0 unspecified atom stereocenters. The van der Waals surface area contributed by atoms with E-state index in [2.05, 4.69) is 52.0 Å². The Morgan fingerprint density at radius 1 is 1.21 bits per heavy atom. The standard InChI is InChI=1S/C16H19N3/c1-12-7-9-18(14-2-3-14)11-19(12)15-4-5-16-13(10-15)6-8-17-16/h4-8,10,14,17H,2-3,9,11H2,1H3. The number of aromatic nitrogens is 1. The lowest BCUT2D eigenvalue weighted by molar-refractivity contribution is 0.284. The van der Waals surface area contributed by atoms with Gasteiger partial charge in [0.1, 0.15) is 0 Å². The Balaban J connectivity index is 1.68. The van der Waals surface area contributed by atoms with Crippen LogP contribution >= 0.6 is 0 Å². The van der Waals surface area contributed by atoms with Crippen molar-refractivity contribution < 1.29 is 0 Å². The lowest BCUT2D eigenvalue weighted by atomic mass is 10.2. The highest BCUT2D eigenvalue weighted by Crippen LogP contribution is 2.32. The van der Waals surface area contributed by atoms with E-state index < -0.39 is 0 Å². The first-order chi connectivity index (χ1) is 9.31. The van der Waals surface area contributed by atoms with Gasteiger partial charge in [-0.25, -0.2) is 0 Å². The van der Waals surface area contributed by atoms with Gasteiger partial charge in [0.15, 0.2) is 0 Å². The second-order valence-electron chi connectivity index (χ2n) is 5.67. The number of allylic oxidation sites excluding steroid dienone is 1. The van der Waals surface area contributed by atoms with Crippen LogP contribution in [0.4, 0.5) is 5.69 Å². The van der Waals surface area contributed by atoms with Gasteiger partial charge in [0.25, 0.3) is 0 Å². The summed E-state index contributed by atoms with van der Waals surface area (Å²) in [6.45, 7) is 4.36. The molecular formula is C16H19N3. The fourth-order valence-corrected chi connectivity index (χ4v) is 2.91. The summed E-state index contributed by atoms with van der Waals surface area (Å²) in [6.07, 6.45) is 7.10. The maximum absolute atomic E-state index is 3.25. The van der Waals surface area contributed by atoms with Crippen LogP contribution in [0.5, 0.6) is 0 Å². The Labute approximate surface area is 113 Å². The fourth-order valence-electron chi connectivity index (χ4n) is 2.91. The van der Waals surface area contributed by atoms with E-state index in [1.54, 1.807) is 0 Å². The average Bonchev–Trinajstić information content (AvgIpc) is 3.17. The molecule has 0 amide bonds. The summed E-state index contributed by atoms with van der Waals surface area (Å²) in [6, 6.07) is 9.63. The molecule has 1 fully saturated rings. The van der Waals surface area contributed by atoms with Crippen molar-refractivity contribution in [2.45, 2.75) is 25.8 Å². The molecule has 0 saturated heterocycles. The monoisotopic (exact) mass is 253 g/mol. The Morgan fingerprint density at radius 3 is 2.95 bits per heavy atom. The molecule has 2 aromatic rings. The van der Waals surface area contributed by atoms with Crippen LogP contribution in [0, 0.1) is 0 Å². The molecular weight excluding hydrogens is 234 g/mol. The molecule has 0 bridgehead atoms. The van der Waals surface area contributed by atoms with E-state index in [1.807, 2.05) is 6.20 Å². The molecule has 1 aliphatic heterocycles. The number of nitrogens with zero attached hydrogens (tertiary/aromatic N) is 2. The zero-order valence-electron chi connectivity index (χ0n) is 11.3. The van der Waals surface area contributed by atoms with Crippen molar-refractivity contribution in [1.82, 2.24) is 9.88 Å². The molecule has 2 heterocycles. The number of fused-ring (bicyclic) bond motifs is 1. The van der Waals surface area contributed by atoms with Gasteiger partial charge in [0.05, 0.1) is 6.67 Å². The number of hydrogen-bond donors (Lipinski definition) is 1. The van der Waals surface area contributed by atoms with Crippen LogP contribution in [0.1, 0.15) is 19.8 Å². The third-order valence-corrected chi connectivity index (χ3v) is 4.28. The predicted octanol–water partition coefficient (Wildman–Crippen LogP) is 3.31. The summed E-state index contributed by atoms with van der Waals surface area (Å²) >= 11 is 0. The van der Waals surface area contributed by atoms with Crippen molar-refractivity contribution in [3.63, 3.8) is 0 Å². The number of aromatic amines is 1. The lowest BCUT2D eigenvalue weighted by Crippen LogP contribution is -2.42. The summed E-state index contributed by atoms with van der Waals surface area (Å²) in [4.78, 5) is 8.26. The van der Waals surface area contributed by atoms with Crippen molar-refractivity contribution in [2.24, 2.45) is 0 Å². The van der Waals surface area contributed by atoms with Gasteiger partial charge in [-0.15, -0.1) is 0 Å². The highest BCUT2D eigenvalue weighted by Gasteiger charge is 2.31. The van der Waals surface area contributed by atoms with Gasteiger partial charge < -0.3 is 9.88 Å². The third kappa shape index (κ3) is 1.94. The van der Waals surface area contributed by atoms with Gasteiger partial charge in [0.2, 0.25) is 0 Å². The van der Waals surface area contributed by atoms with E-state index in [4.69, 9.17) is 0 Å². The summed E-state index contributed by atoms with van der Waals surface area (Å²) in [5.41, 5.74) is 3.87. The molecule has 4 rings (SSSR count). The quantitative estimate of drug-likeness (QED) is 0.887. The summed E-state index contributed by atoms with van der Waals surface area (Å²) < 4.78 is 0. The molecule has 0 spiro atoms. The number of hydrogen-bond acceptors (Lipinski definition) is 2. The van der Waals surface area contributed by atoms with Gasteiger partial charge in [-0.2, -0.15) is 0 Å². The molecule has 0 atom stereocenters. The second-order valence-corrected chi connectivity index (χ2v) is 5.67. The molecule has 3 heteroatoms. The zero-order valence-corrected chi connectivity index (χ0v) is 11.3. The van der Waals surface area contributed by atoms with Crippen LogP contribution in [0.3, 0.4) is 0 Å². The Hall–Kier alpha value is -1.74. The number of H-pyrrole nitrogens is 1. The average molecular weight is 253 g/mol. The zero-order chi connectivity index (χ0) is 12.8. The van der Waals surface area contributed by atoms with Crippen molar-refractivity contribution in [3.8, 4) is 0 Å². The Kier molecular flexibility index (Phi) is 2.42.